The number of methoxy groups -OCH3 is 1. The standard InChI is InChI=1S/C15H22FNO/c1-17-13-8-4-3-6-11(13)10-12-7-5-9-14(18-2)15(12)16/h5,7,9,11,13,17H,3-4,6,8,10H2,1-2H3. The molecule has 2 atom stereocenters. The topological polar surface area (TPSA) is 21.3 Å². The summed E-state index contributed by atoms with van der Waals surface area (Å²) in [5, 5.41) is 3.37. The van der Waals surface area contributed by atoms with Crippen molar-refractivity contribution in [2.24, 2.45) is 5.92 Å². The zero-order valence-corrected chi connectivity index (χ0v) is 11.2. The molecule has 1 saturated carbocycles. The number of nitrogens with one attached hydrogen (secondary N) is 1. The maximum Gasteiger partial charge on any atom is 0.168 e. The summed E-state index contributed by atoms with van der Waals surface area (Å²) in [6.07, 6.45) is 5.72. The van der Waals surface area contributed by atoms with Crippen LogP contribution < -0.4 is 10.1 Å². The fraction of sp³-hybridized carbons (Fsp3) is 0.600. The molecular weight excluding hydrogens is 229 g/mol. The molecule has 2 nitrogen and oxygen atoms in total. The first kappa shape index (κ1) is 13.3. The molecule has 0 aromatic heterocycles. The van der Waals surface area contributed by atoms with Gasteiger partial charge in [0.15, 0.2) is 11.6 Å². The van der Waals surface area contributed by atoms with Crippen LogP contribution in [0, 0.1) is 11.7 Å². The lowest BCUT2D eigenvalue weighted by Gasteiger charge is -2.31. The maximum absolute atomic E-state index is 14.1. The summed E-state index contributed by atoms with van der Waals surface area (Å²) in [7, 11) is 3.52. The van der Waals surface area contributed by atoms with Crippen molar-refractivity contribution in [3.63, 3.8) is 0 Å². The van der Waals surface area contributed by atoms with E-state index in [0.29, 0.717) is 17.7 Å². The predicted octanol–water partition coefficient (Wildman–Crippen LogP) is 3.16. The molecule has 1 fully saturated rings. The maximum atomic E-state index is 14.1. The molecule has 0 aliphatic heterocycles. The monoisotopic (exact) mass is 251 g/mol. The number of ether oxygens (including phenoxy) is 1. The quantitative estimate of drug-likeness (QED) is 0.887. The fourth-order valence-electron chi connectivity index (χ4n) is 2.99. The van der Waals surface area contributed by atoms with Gasteiger partial charge in [0, 0.05) is 6.04 Å². The first-order valence-electron chi connectivity index (χ1n) is 6.75. The Morgan fingerprint density at radius 2 is 2.11 bits per heavy atom. The van der Waals surface area contributed by atoms with Crippen LogP contribution in [0.5, 0.6) is 5.75 Å². The Morgan fingerprint density at radius 3 is 2.83 bits per heavy atom. The Bertz CT molecular complexity index is 394. The van der Waals surface area contributed by atoms with E-state index < -0.39 is 0 Å². The zero-order chi connectivity index (χ0) is 13.0. The Kier molecular flexibility index (Phi) is 4.59. The smallest absolute Gasteiger partial charge is 0.168 e. The summed E-state index contributed by atoms with van der Waals surface area (Å²) < 4.78 is 19.2. The number of halogens is 1. The van der Waals surface area contributed by atoms with E-state index in [0.717, 1.165) is 12.0 Å². The van der Waals surface area contributed by atoms with E-state index in [1.54, 1.807) is 6.07 Å². The van der Waals surface area contributed by atoms with E-state index in [1.165, 1.54) is 32.8 Å². The Hall–Kier alpha value is -1.09. The second kappa shape index (κ2) is 6.19. The lowest BCUT2D eigenvalue weighted by atomic mass is 9.80. The molecule has 18 heavy (non-hydrogen) atoms. The van der Waals surface area contributed by atoms with Crippen molar-refractivity contribution in [2.45, 2.75) is 38.1 Å². The van der Waals surface area contributed by atoms with E-state index >= 15 is 0 Å². The second-order valence-corrected chi connectivity index (χ2v) is 5.08. The molecule has 1 aliphatic carbocycles. The van der Waals surface area contributed by atoms with Gasteiger partial charge in [-0.05, 0) is 43.9 Å². The Balaban J connectivity index is 2.12. The van der Waals surface area contributed by atoms with Gasteiger partial charge in [-0.2, -0.15) is 0 Å². The third-order valence-electron chi connectivity index (χ3n) is 4.03. The molecule has 0 bridgehead atoms. The van der Waals surface area contributed by atoms with Gasteiger partial charge >= 0.3 is 0 Å². The lowest BCUT2D eigenvalue weighted by Crippen LogP contribution is -2.37. The minimum Gasteiger partial charge on any atom is -0.494 e. The molecule has 1 aromatic rings. The van der Waals surface area contributed by atoms with Gasteiger partial charge in [-0.15, -0.1) is 0 Å². The number of hydrogen-bond acceptors (Lipinski definition) is 2. The molecule has 100 valence electrons. The van der Waals surface area contributed by atoms with Crippen LogP contribution in [0.2, 0.25) is 0 Å². The summed E-state index contributed by atoms with van der Waals surface area (Å²) in [5.74, 6) is 0.690. The van der Waals surface area contributed by atoms with Crippen molar-refractivity contribution >= 4 is 0 Å². The van der Waals surface area contributed by atoms with Crippen LogP contribution in [0.15, 0.2) is 18.2 Å². The van der Waals surface area contributed by atoms with Gasteiger partial charge in [-0.3, -0.25) is 0 Å². The third kappa shape index (κ3) is 2.83. The SMILES string of the molecule is CNC1CCCCC1Cc1cccc(OC)c1F. The molecule has 0 amide bonds. The van der Waals surface area contributed by atoms with Crippen molar-refractivity contribution < 1.29 is 9.13 Å². The average molecular weight is 251 g/mol. The molecular formula is C15H22FNO. The number of benzene rings is 1. The highest BCUT2D eigenvalue weighted by atomic mass is 19.1. The second-order valence-electron chi connectivity index (χ2n) is 5.08. The average Bonchev–Trinajstić information content (AvgIpc) is 2.42. The minimum atomic E-state index is -0.194. The van der Waals surface area contributed by atoms with Gasteiger partial charge in [0.05, 0.1) is 7.11 Å². The third-order valence-corrected chi connectivity index (χ3v) is 4.03. The summed E-state index contributed by atoms with van der Waals surface area (Å²) in [5.41, 5.74) is 0.779. The molecule has 1 aliphatic rings. The van der Waals surface area contributed by atoms with Crippen molar-refractivity contribution in [3.05, 3.63) is 29.6 Å². The van der Waals surface area contributed by atoms with Gasteiger partial charge < -0.3 is 10.1 Å². The largest absolute Gasteiger partial charge is 0.494 e. The normalized spacial score (nSPS) is 23.9. The Labute approximate surface area is 109 Å². The van der Waals surface area contributed by atoms with Crippen LogP contribution in [0.3, 0.4) is 0 Å². The highest BCUT2D eigenvalue weighted by molar-refractivity contribution is 5.31. The molecule has 1 N–H and O–H groups in total. The van der Waals surface area contributed by atoms with Crippen molar-refractivity contribution in [1.82, 2.24) is 5.32 Å². The molecule has 2 unspecified atom stereocenters. The summed E-state index contributed by atoms with van der Waals surface area (Å²) >= 11 is 0. The number of hydrogen-bond donors (Lipinski definition) is 1. The molecule has 0 heterocycles. The minimum absolute atomic E-state index is 0.194. The fourth-order valence-corrected chi connectivity index (χ4v) is 2.99. The highest BCUT2D eigenvalue weighted by Gasteiger charge is 2.25. The Morgan fingerprint density at radius 1 is 1.33 bits per heavy atom. The molecule has 0 saturated heterocycles. The summed E-state index contributed by atoms with van der Waals surface area (Å²) in [4.78, 5) is 0. The van der Waals surface area contributed by atoms with Crippen LogP contribution >= 0.6 is 0 Å². The number of rotatable bonds is 4. The first-order valence-corrected chi connectivity index (χ1v) is 6.75. The van der Waals surface area contributed by atoms with Gasteiger partial charge in [-0.25, -0.2) is 4.39 Å². The van der Waals surface area contributed by atoms with Gasteiger partial charge in [0.25, 0.3) is 0 Å². The van der Waals surface area contributed by atoms with E-state index in [-0.39, 0.29) is 5.82 Å². The summed E-state index contributed by atoms with van der Waals surface area (Å²) in [6.45, 7) is 0. The molecule has 3 heteroatoms. The van der Waals surface area contributed by atoms with Crippen LogP contribution in [-0.2, 0) is 6.42 Å². The van der Waals surface area contributed by atoms with E-state index in [9.17, 15) is 4.39 Å². The highest BCUT2D eigenvalue weighted by Crippen LogP contribution is 2.30. The molecule has 2 rings (SSSR count). The van der Waals surface area contributed by atoms with E-state index in [4.69, 9.17) is 4.74 Å². The van der Waals surface area contributed by atoms with Gasteiger partial charge in [0.1, 0.15) is 0 Å². The van der Waals surface area contributed by atoms with Crippen molar-refractivity contribution in [2.75, 3.05) is 14.2 Å². The van der Waals surface area contributed by atoms with Crippen LogP contribution in [0.4, 0.5) is 4.39 Å². The molecule has 0 radical (unpaired) electrons. The van der Waals surface area contributed by atoms with Gasteiger partial charge in [-0.1, -0.05) is 25.0 Å². The van der Waals surface area contributed by atoms with E-state index in [1.807, 2.05) is 19.2 Å². The molecule has 1 aromatic carbocycles. The van der Waals surface area contributed by atoms with Crippen LogP contribution in [-0.4, -0.2) is 20.2 Å². The van der Waals surface area contributed by atoms with Crippen molar-refractivity contribution in [1.29, 1.82) is 0 Å². The van der Waals surface area contributed by atoms with Crippen LogP contribution in [0.25, 0.3) is 0 Å². The zero-order valence-electron chi connectivity index (χ0n) is 11.2. The molecule has 0 spiro atoms. The van der Waals surface area contributed by atoms with Crippen LogP contribution in [0.1, 0.15) is 31.2 Å². The first-order chi connectivity index (χ1) is 8.76. The van der Waals surface area contributed by atoms with Crippen molar-refractivity contribution in [3.8, 4) is 5.75 Å². The lowest BCUT2D eigenvalue weighted by molar-refractivity contribution is 0.270. The van der Waals surface area contributed by atoms with E-state index in [2.05, 4.69) is 5.32 Å². The van der Waals surface area contributed by atoms with Gasteiger partial charge in [0.2, 0.25) is 0 Å². The summed E-state index contributed by atoms with van der Waals surface area (Å²) in [6, 6.07) is 5.94. The predicted molar refractivity (Wildman–Crippen MR) is 71.5 cm³/mol.